The Bertz CT molecular complexity index is 1850. The van der Waals surface area contributed by atoms with Crippen molar-refractivity contribution in [3.63, 3.8) is 0 Å². The van der Waals surface area contributed by atoms with Crippen molar-refractivity contribution in [2.75, 3.05) is 29.9 Å². The first kappa shape index (κ1) is 29.5. The molecule has 1 aliphatic heterocycles. The number of anilines is 3. The molecule has 1 aliphatic carbocycles. The van der Waals surface area contributed by atoms with Crippen molar-refractivity contribution in [1.82, 2.24) is 33.9 Å². The molecule has 4 aromatic heterocycles. The van der Waals surface area contributed by atoms with Crippen LogP contribution in [-0.2, 0) is 16.3 Å². The van der Waals surface area contributed by atoms with Crippen LogP contribution in [0.5, 0.6) is 0 Å². The summed E-state index contributed by atoms with van der Waals surface area (Å²) in [6.45, 7) is -0.0828. The molecule has 0 atom stereocenters. The number of hydrogen-bond acceptors (Lipinski definition) is 10. The second-order valence-electron chi connectivity index (χ2n) is 10.5. The Labute approximate surface area is 248 Å². The quantitative estimate of drug-likeness (QED) is 0.231. The number of aliphatic hydroxyl groups is 1. The van der Waals surface area contributed by atoms with Crippen LogP contribution in [0.4, 0.5) is 34.9 Å². The number of nitrogens with zero attached hydrogens (tertiary/aromatic N) is 8. The molecular formula is C27H25F4N9O3S. The third kappa shape index (κ3) is 6.21. The molecule has 230 valence electrons. The van der Waals surface area contributed by atoms with Crippen LogP contribution in [0.1, 0.15) is 36.8 Å². The van der Waals surface area contributed by atoms with E-state index < -0.39 is 33.8 Å². The van der Waals surface area contributed by atoms with E-state index >= 15 is 0 Å². The number of rotatable bonds is 7. The Morgan fingerprint density at radius 1 is 1.05 bits per heavy atom. The highest BCUT2D eigenvalue weighted by Crippen LogP contribution is 2.33. The minimum Gasteiger partial charge on any atom is -0.393 e. The van der Waals surface area contributed by atoms with Gasteiger partial charge in [-0.25, -0.2) is 27.8 Å². The fraction of sp³-hybridized carbons (Fsp3) is 0.370. The number of pyridine rings is 1. The molecule has 6 rings (SSSR count). The minimum absolute atomic E-state index is 0.0407. The van der Waals surface area contributed by atoms with Gasteiger partial charge in [-0.15, -0.1) is 13.2 Å². The molecule has 12 nitrogen and oxygen atoms in total. The number of piperidine rings is 1. The second-order valence-corrected chi connectivity index (χ2v) is 12.6. The predicted octanol–water partition coefficient (Wildman–Crippen LogP) is 3.19. The van der Waals surface area contributed by atoms with Crippen molar-refractivity contribution in [1.29, 1.82) is 0 Å². The molecule has 0 bridgehead atoms. The van der Waals surface area contributed by atoms with Gasteiger partial charge in [-0.05, 0) is 18.9 Å². The van der Waals surface area contributed by atoms with Crippen LogP contribution in [0.25, 0.3) is 11.4 Å². The molecule has 0 spiro atoms. The van der Waals surface area contributed by atoms with E-state index in [9.17, 15) is 31.1 Å². The summed E-state index contributed by atoms with van der Waals surface area (Å²) in [5.41, 5.74) is -0.319. The molecule has 17 heteroatoms. The summed E-state index contributed by atoms with van der Waals surface area (Å²) in [4.78, 5) is 14.9. The number of alkyl halides is 4. The van der Waals surface area contributed by atoms with Gasteiger partial charge in [0.25, 0.3) is 10.0 Å². The predicted molar refractivity (Wildman–Crippen MR) is 150 cm³/mol. The lowest BCUT2D eigenvalue weighted by atomic mass is 9.93. The van der Waals surface area contributed by atoms with E-state index in [1.54, 1.807) is 12.1 Å². The van der Waals surface area contributed by atoms with Gasteiger partial charge in [-0.3, -0.25) is 0 Å². The first-order valence-electron chi connectivity index (χ1n) is 13.5. The van der Waals surface area contributed by atoms with E-state index in [4.69, 9.17) is 0 Å². The van der Waals surface area contributed by atoms with Gasteiger partial charge in [0.05, 0.1) is 52.8 Å². The van der Waals surface area contributed by atoms with E-state index in [2.05, 4.69) is 42.3 Å². The summed E-state index contributed by atoms with van der Waals surface area (Å²) in [7, 11) is -3.55. The molecular weight excluding hydrogens is 606 g/mol. The molecule has 0 aromatic carbocycles. The van der Waals surface area contributed by atoms with E-state index in [0.717, 1.165) is 16.5 Å². The molecule has 2 aliphatic rings. The van der Waals surface area contributed by atoms with Crippen LogP contribution >= 0.6 is 0 Å². The Morgan fingerprint density at radius 2 is 1.82 bits per heavy atom. The van der Waals surface area contributed by atoms with Crippen molar-refractivity contribution in [2.45, 2.75) is 42.9 Å². The summed E-state index contributed by atoms with van der Waals surface area (Å²) in [5, 5.41) is 19.3. The van der Waals surface area contributed by atoms with Crippen molar-refractivity contribution in [3.05, 3.63) is 60.4 Å². The zero-order valence-electron chi connectivity index (χ0n) is 22.9. The molecule has 1 saturated carbocycles. The van der Waals surface area contributed by atoms with Gasteiger partial charge in [0.2, 0.25) is 0 Å². The fourth-order valence-corrected chi connectivity index (χ4v) is 6.10. The van der Waals surface area contributed by atoms with Crippen molar-refractivity contribution in [3.8, 4) is 23.2 Å². The lowest BCUT2D eigenvalue weighted by Gasteiger charge is -2.37. The maximum absolute atomic E-state index is 14.7. The third-order valence-electron chi connectivity index (χ3n) is 7.29. The van der Waals surface area contributed by atoms with Crippen LogP contribution < -0.4 is 10.2 Å². The van der Waals surface area contributed by atoms with E-state index in [-0.39, 0.29) is 42.0 Å². The van der Waals surface area contributed by atoms with Gasteiger partial charge in [-0.2, -0.15) is 19.0 Å². The van der Waals surface area contributed by atoms with Gasteiger partial charge < -0.3 is 15.3 Å². The summed E-state index contributed by atoms with van der Waals surface area (Å²) in [6, 6.07) is 3.25. The number of hydrogen-bond donors (Lipinski definition) is 2. The number of nitrogens with one attached hydrogen (secondary N) is 1. The van der Waals surface area contributed by atoms with Crippen molar-refractivity contribution >= 4 is 27.3 Å². The smallest absolute Gasteiger partial charge is 0.393 e. The van der Waals surface area contributed by atoms with Crippen LogP contribution in [0.2, 0.25) is 0 Å². The summed E-state index contributed by atoms with van der Waals surface area (Å²) in [6.07, 6.45) is 4.10. The Morgan fingerprint density at radius 3 is 2.50 bits per heavy atom. The zero-order chi connectivity index (χ0) is 31.1. The van der Waals surface area contributed by atoms with Gasteiger partial charge in [0.1, 0.15) is 17.3 Å². The summed E-state index contributed by atoms with van der Waals surface area (Å²) in [5.74, 6) is 6.43. The van der Waals surface area contributed by atoms with Gasteiger partial charge in [0.15, 0.2) is 5.82 Å². The van der Waals surface area contributed by atoms with Gasteiger partial charge in [-0.1, -0.05) is 11.8 Å². The monoisotopic (exact) mass is 631 g/mol. The highest BCUT2D eigenvalue weighted by Gasteiger charge is 2.38. The molecule has 2 N–H and O–H groups in total. The van der Waals surface area contributed by atoms with Gasteiger partial charge in [0, 0.05) is 50.6 Å². The maximum atomic E-state index is 14.7. The zero-order valence-corrected chi connectivity index (χ0v) is 23.7. The molecule has 1 saturated heterocycles. The first-order chi connectivity index (χ1) is 20.9. The fourth-order valence-electron chi connectivity index (χ4n) is 4.62. The lowest BCUT2D eigenvalue weighted by molar-refractivity contribution is -0.212. The van der Waals surface area contributed by atoms with E-state index in [1.165, 1.54) is 24.8 Å². The van der Waals surface area contributed by atoms with Crippen molar-refractivity contribution < 1.29 is 31.1 Å². The largest absolute Gasteiger partial charge is 0.504 e. The summed E-state index contributed by atoms with van der Waals surface area (Å²) < 4.78 is 79.3. The van der Waals surface area contributed by atoms with E-state index in [0.29, 0.717) is 41.3 Å². The second kappa shape index (κ2) is 11.2. The number of aromatic nitrogens is 7. The molecule has 2 fully saturated rings. The lowest BCUT2D eigenvalue weighted by Crippen LogP contribution is -2.44. The minimum atomic E-state index is -4.67. The number of halogens is 4. The van der Waals surface area contributed by atoms with Crippen LogP contribution in [0.15, 0.2) is 49.3 Å². The van der Waals surface area contributed by atoms with Gasteiger partial charge >= 0.3 is 6.30 Å². The molecule has 4 aromatic rings. The molecule has 44 heavy (non-hydrogen) atoms. The topological polar surface area (TPSA) is 144 Å². The highest BCUT2D eigenvalue weighted by molar-refractivity contribution is 7.90. The number of aliphatic hydroxyl groups excluding tert-OH is 1. The molecule has 5 heterocycles. The maximum Gasteiger partial charge on any atom is 0.504 e. The summed E-state index contributed by atoms with van der Waals surface area (Å²) >= 11 is 0. The molecule has 0 radical (unpaired) electrons. The Kier molecular flexibility index (Phi) is 7.49. The Hall–Kier alpha value is -4.56. The first-order valence-corrected chi connectivity index (χ1v) is 15.0. The van der Waals surface area contributed by atoms with E-state index in [1.807, 2.05) is 4.90 Å². The SMILES string of the molecule is O=S(=O)(C1CC1)n1cc(-c2nccc(Nc3cc(N4CCC(F)(CO)CC4)c(C#Cc4cnn(C(F)(F)F)c4)cn3)n2)cn1. The van der Waals surface area contributed by atoms with Crippen molar-refractivity contribution in [2.24, 2.45) is 0 Å². The highest BCUT2D eigenvalue weighted by atomic mass is 32.2. The Balaban J connectivity index is 1.27. The van der Waals surface area contributed by atoms with Crippen LogP contribution in [0.3, 0.4) is 0 Å². The molecule has 0 amide bonds. The normalized spacial score (nSPS) is 16.8. The third-order valence-corrected chi connectivity index (χ3v) is 9.32. The standard InChI is InChI=1S/C27H25F4N9O3S/c28-26(17-41)6-9-38(10-7-26)22-11-24(33-13-19(22)2-1-18-12-34-39(15-18)27(29,30)31)36-23-5-8-32-25(37-23)20-14-35-40(16-20)44(42,43)21-3-4-21/h5,8,11-16,21,41H,3-4,6-7,9-10,17H2,(H,32,33,36,37). The molecule has 0 unspecified atom stereocenters. The average molecular weight is 632 g/mol. The van der Waals surface area contributed by atoms with Crippen LogP contribution in [0, 0.1) is 11.8 Å². The van der Waals surface area contributed by atoms with Crippen LogP contribution in [-0.4, -0.2) is 78.1 Å². The average Bonchev–Trinajstić information content (AvgIpc) is 3.54.